The molecule has 0 aliphatic carbocycles. The smallest absolute Gasteiger partial charge is 0.134 e. The van der Waals surface area contributed by atoms with Gasteiger partial charge in [-0.15, -0.1) is 0 Å². The van der Waals surface area contributed by atoms with Crippen LogP contribution in [-0.4, -0.2) is 20.0 Å². The quantitative estimate of drug-likeness (QED) is 0.647. The molecule has 0 aliphatic rings. The van der Waals surface area contributed by atoms with Gasteiger partial charge in [-0.1, -0.05) is 0 Å². The largest absolute Gasteiger partial charge is 0.326 e. The van der Waals surface area contributed by atoms with Gasteiger partial charge in [-0.05, 0) is 0 Å². The Morgan fingerprint density at radius 1 is 1.80 bits per heavy atom. The number of imidazole rings is 1. The van der Waals surface area contributed by atoms with Gasteiger partial charge in [-0.2, -0.15) is 0 Å². The first kappa shape index (κ1) is 7.27. The van der Waals surface area contributed by atoms with Crippen molar-refractivity contribution in [2.45, 2.75) is 5.03 Å². The van der Waals surface area contributed by atoms with Gasteiger partial charge >= 0.3 is 0 Å². The van der Waals surface area contributed by atoms with Crippen LogP contribution < -0.4 is 0 Å². The van der Waals surface area contributed by atoms with Crippen LogP contribution in [0.3, 0.4) is 0 Å². The van der Waals surface area contributed by atoms with E-state index in [1.807, 2.05) is 0 Å². The maximum Gasteiger partial charge on any atom is 0.134 e. The molecule has 1 aromatic heterocycles. The lowest BCUT2D eigenvalue weighted by atomic mass is 10.9. The third-order valence-corrected chi connectivity index (χ3v) is 2.36. The molecule has 0 saturated heterocycles. The molecule has 1 heterocycles. The molecule has 1 N–H and O–H groups in total. The summed E-state index contributed by atoms with van der Waals surface area (Å²) < 4.78 is 19.9. The van der Waals surface area contributed by atoms with Crippen molar-refractivity contribution >= 4 is 9.73 Å². The Balaban J connectivity index is 3.32. The number of aromatic nitrogens is 2. The Morgan fingerprint density at radius 2 is 2.40 bits per heavy atom. The summed E-state index contributed by atoms with van der Waals surface area (Å²) in [5.74, 6) is 0. The second kappa shape index (κ2) is 2.09. The van der Waals surface area contributed by atoms with E-state index in [1.165, 1.54) is 18.8 Å². The van der Waals surface area contributed by atoms with Gasteiger partial charge in [0.2, 0.25) is 0 Å². The van der Waals surface area contributed by atoms with Crippen molar-refractivity contribution in [3.05, 3.63) is 12.5 Å². The molecular weight excluding hydrogens is 150 g/mol. The topological polar surface area (TPSA) is 58.7 Å². The minimum atomic E-state index is -2.59. The summed E-state index contributed by atoms with van der Waals surface area (Å²) in [7, 11) is -0.867. The highest BCUT2D eigenvalue weighted by atomic mass is 32.2. The van der Waals surface area contributed by atoms with E-state index < -0.39 is 9.73 Å². The van der Waals surface area contributed by atoms with E-state index in [4.69, 9.17) is 4.78 Å². The monoisotopic (exact) mass is 159 g/mol. The van der Waals surface area contributed by atoms with E-state index in [0.717, 1.165) is 0 Å². The molecule has 0 radical (unpaired) electrons. The summed E-state index contributed by atoms with van der Waals surface area (Å²) in [5, 5.41) is 0.465. The normalized spacial score (nSPS) is 16.6. The molecule has 0 aromatic carbocycles. The van der Waals surface area contributed by atoms with Gasteiger partial charge in [0, 0.05) is 13.3 Å². The van der Waals surface area contributed by atoms with Crippen molar-refractivity contribution in [3.63, 3.8) is 0 Å². The summed E-state index contributed by atoms with van der Waals surface area (Å²) in [4.78, 5) is 3.75. The molecule has 56 valence electrons. The van der Waals surface area contributed by atoms with Crippen LogP contribution in [0.15, 0.2) is 17.6 Å². The molecule has 0 saturated carbocycles. The Bertz CT molecular complexity index is 324. The van der Waals surface area contributed by atoms with Gasteiger partial charge < -0.3 is 4.57 Å². The zero-order valence-electron chi connectivity index (χ0n) is 5.87. The SMILES string of the molecule is Cn1cncc1S(C)(=N)=O. The number of nitrogens with one attached hydrogen (secondary N) is 1. The molecule has 10 heavy (non-hydrogen) atoms. The molecular formula is C5H9N3OS. The summed E-state index contributed by atoms with van der Waals surface area (Å²) in [6, 6.07) is 0. The van der Waals surface area contributed by atoms with Gasteiger partial charge in [0.05, 0.1) is 22.3 Å². The minimum absolute atomic E-state index is 0.465. The van der Waals surface area contributed by atoms with E-state index in [1.54, 1.807) is 11.6 Å². The fourth-order valence-corrected chi connectivity index (χ4v) is 1.58. The number of hydrogen-bond donors (Lipinski definition) is 1. The first-order chi connectivity index (χ1) is 4.52. The van der Waals surface area contributed by atoms with E-state index in [-0.39, 0.29) is 0 Å². The van der Waals surface area contributed by atoms with Crippen molar-refractivity contribution < 1.29 is 4.21 Å². The van der Waals surface area contributed by atoms with E-state index in [2.05, 4.69) is 4.98 Å². The van der Waals surface area contributed by atoms with Gasteiger partial charge in [-0.3, -0.25) is 0 Å². The zero-order chi connectivity index (χ0) is 7.78. The predicted molar refractivity (Wildman–Crippen MR) is 38.3 cm³/mol. The average molecular weight is 159 g/mol. The number of hydrogen-bond acceptors (Lipinski definition) is 3. The van der Waals surface area contributed by atoms with Crippen LogP contribution in [0.2, 0.25) is 0 Å². The molecule has 5 heteroatoms. The maximum absolute atomic E-state index is 11.1. The van der Waals surface area contributed by atoms with Crippen LogP contribution >= 0.6 is 0 Å². The lowest BCUT2D eigenvalue weighted by molar-refractivity contribution is 0.668. The van der Waals surface area contributed by atoms with Gasteiger partial charge in [0.1, 0.15) is 5.03 Å². The molecule has 1 unspecified atom stereocenters. The molecule has 4 nitrogen and oxygen atoms in total. The molecule has 0 bridgehead atoms. The first-order valence-electron chi connectivity index (χ1n) is 2.72. The molecule has 0 spiro atoms. The lowest BCUT2D eigenvalue weighted by Crippen LogP contribution is -2.01. The highest BCUT2D eigenvalue weighted by Gasteiger charge is 2.05. The Labute approximate surface area is 59.9 Å². The second-order valence-electron chi connectivity index (χ2n) is 2.19. The van der Waals surface area contributed by atoms with Crippen LogP contribution in [0, 0.1) is 4.78 Å². The van der Waals surface area contributed by atoms with Crippen molar-refractivity contribution in [2.75, 3.05) is 6.26 Å². The lowest BCUT2D eigenvalue weighted by Gasteiger charge is -1.98. The van der Waals surface area contributed by atoms with Gasteiger partial charge in [-0.25, -0.2) is 14.0 Å². The standard InChI is InChI=1S/C5H9N3OS/c1-8-4-7-3-5(8)10(2,6)9/h3-4,6H,1-2H3. The van der Waals surface area contributed by atoms with E-state index >= 15 is 0 Å². The molecule has 1 atom stereocenters. The summed E-state index contributed by atoms with van der Waals surface area (Å²) in [5.41, 5.74) is 0. The van der Waals surface area contributed by atoms with Crippen molar-refractivity contribution in [1.82, 2.24) is 9.55 Å². The summed E-state index contributed by atoms with van der Waals surface area (Å²) in [6.07, 6.45) is 4.37. The van der Waals surface area contributed by atoms with E-state index in [9.17, 15) is 4.21 Å². The summed E-state index contributed by atoms with van der Waals surface area (Å²) >= 11 is 0. The molecule has 0 amide bonds. The number of nitrogens with zero attached hydrogens (tertiary/aromatic N) is 2. The fourth-order valence-electron chi connectivity index (χ4n) is 0.720. The number of rotatable bonds is 1. The van der Waals surface area contributed by atoms with Crippen molar-refractivity contribution in [3.8, 4) is 0 Å². The van der Waals surface area contributed by atoms with Gasteiger partial charge in [0.25, 0.3) is 0 Å². The van der Waals surface area contributed by atoms with Crippen LogP contribution in [0.1, 0.15) is 0 Å². The average Bonchev–Trinajstić information content (AvgIpc) is 2.11. The molecule has 1 aromatic rings. The number of aryl methyl sites for hydroxylation is 1. The Kier molecular flexibility index (Phi) is 1.52. The Hall–Kier alpha value is -0.840. The third-order valence-electron chi connectivity index (χ3n) is 1.17. The van der Waals surface area contributed by atoms with Crippen LogP contribution in [0.4, 0.5) is 0 Å². The van der Waals surface area contributed by atoms with Crippen LogP contribution in [-0.2, 0) is 16.8 Å². The molecule has 0 fully saturated rings. The summed E-state index contributed by atoms with van der Waals surface area (Å²) in [6.45, 7) is 0. The maximum atomic E-state index is 11.1. The second-order valence-corrected chi connectivity index (χ2v) is 4.29. The van der Waals surface area contributed by atoms with Gasteiger partial charge in [0.15, 0.2) is 0 Å². The van der Waals surface area contributed by atoms with Crippen molar-refractivity contribution in [1.29, 1.82) is 4.78 Å². The van der Waals surface area contributed by atoms with E-state index in [0.29, 0.717) is 5.03 Å². The first-order valence-corrected chi connectivity index (χ1v) is 4.68. The molecule has 0 aliphatic heterocycles. The predicted octanol–water partition coefficient (Wildman–Crippen LogP) is 0.456. The Morgan fingerprint density at radius 3 is 2.60 bits per heavy atom. The highest BCUT2D eigenvalue weighted by molar-refractivity contribution is 7.91. The third kappa shape index (κ3) is 1.18. The van der Waals surface area contributed by atoms with Crippen molar-refractivity contribution in [2.24, 2.45) is 7.05 Å². The minimum Gasteiger partial charge on any atom is -0.326 e. The molecule has 1 rings (SSSR count). The zero-order valence-corrected chi connectivity index (χ0v) is 6.68. The van der Waals surface area contributed by atoms with Crippen LogP contribution in [0.5, 0.6) is 0 Å². The van der Waals surface area contributed by atoms with Crippen LogP contribution in [0.25, 0.3) is 0 Å². The fraction of sp³-hybridized carbons (Fsp3) is 0.400. The highest BCUT2D eigenvalue weighted by Crippen LogP contribution is 2.05.